The monoisotopic (exact) mass is 584 g/mol. The molecule has 1 aromatic carbocycles. The lowest BCUT2D eigenvalue weighted by molar-refractivity contribution is -0.0513. The Hall–Kier alpha value is -2.87. The van der Waals surface area contributed by atoms with Gasteiger partial charge in [0, 0.05) is 35.7 Å². The SMILES string of the molecule is [2H]C(F)(F)Oc1cc2cnc(NC3CCN(S(=O)(=O)c4ccc(Cl)cc4)CC3)nc2n([C@@H]2CCC[C@@]2(C)O)c1=O. The van der Waals surface area contributed by atoms with Crippen molar-refractivity contribution in [2.75, 3.05) is 18.4 Å². The molecule has 0 unspecified atom stereocenters. The molecule has 0 spiro atoms. The van der Waals surface area contributed by atoms with Crippen LogP contribution in [0.3, 0.4) is 0 Å². The lowest BCUT2D eigenvalue weighted by Crippen LogP contribution is -2.42. The normalized spacial score (nSPS) is 23.6. The summed E-state index contributed by atoms with van der Waals surface area (Å²) in [5.41, 5.74) is -2.10. The summed E-state index contributed by atoms with van der Waals surface area (Å²) in [6.45, 7) is -2.25. The van der Waals surface area contributed by atoms with Gasteiger partial charge >= 0.3 is 6.59 Å². The van der Waals surface area contributed by atoms with Gasteiger partial charge in [0.25, 0.3) is 5.56 Å². The minimum Gasteiger partial charge on any atom is -0.429 e. The van der Waals surface area contributed by atoms with Crippen LogP contribution in [0.4, 0.5) is 14.7 Å². The molecule has 2 fully saturated rings. The van der Waals surface area contributed by atoms with E-state index in [0.717, 1.165) is 10.6 Å². The van der Waals surface area contributed by atoms with Crippen molar-refractivity contribution in [1.29, 1.82) is 0 Å². The summed E-state index contributed by atoms with van der Waals surface area (Å²) >= 11 is 5.88. The summed E-state index contributed by atoms with van der Waals surface area (Å²) < 4.78 is 66.3. The van der Waals surface area contributed by atoms with Gasteiger partial charge in [0.15, 0.2) is 7.12 Å². The number of fused-ring (bicyclic) bond motifs is 1. The van der Waals surface area contributed by atoms with E-state index < -0.39 is 39.6 Å². The van der Waals surface area contributed by atoms with Gasteiger partial charge in [0.1, 0.15) is 5.65 Å². The van der Waals surface area contributed by atoms with E-state index in [9.17, 15) is 27.1 Å². The fourth-order valence-corrected chi connectivity index (χ4v) is 6.92. The Morgan fingerprint density at radius 3 is 2.56 bits per heavy atom. The number of piperidine rings is 1. The summed E-state index contributed by atoms with van der Waals surface area (Å²) in [5.74, 6) is -0.578. The maximum Gasteiger partial charge on any atom is 0.387 e. The van der Waals surface area contributed by atoms with Crippen LogP contribution < -0.4 is 15.6 Å². The predicted octanol–water partition coefficient (Wildman–Crippen LogP) is 3.79. The average Bonchev–Trinajstić information content (AvgIpc) is 3.23. The Morgan fingerprint density at radius 1 is 1.26 bits per heavy atom. The molecule has 210 valence electrons. The molecular formula is C25H28ClF2N5O5S. The van der Waals surface area contributed by atoms with Gasteiger partial charge in [-0.15, -0.1) is 0 Å². The largest absolute Gasteiger partial charge is 0.429 e. The molecule has 14 heteroatoms. The van der Waals surface area contributed by atoms with E-state index in [0.29, 0.717) is 37.1 Å². The Labute approximate surface area is 230 Å². The molecule has 1 saturated carbocycles. The Kier molecular flexibility index (Phi) is 7.16. The van der Waals surface area contributed by atoms with Crippen LogP contribution in [-0.4, -0.2) is 63.7 Å². The second-order valence-corrected chi connectivity index (χ2v) is 12.4. The van der Waals surface area contributed by atoms with Crippen molar-refractivity contribution < 1.29 is 28.4 Å². The first-order valence-corrected chi connectivity index (χ1v) is 14.3. The summed E-state index contributed by atoms with van der Waals surface area (Å²) in [4.78, 5) is 22.2. The van der Waals surface area contributed by atoms with Crippen molar-refractivity contribution in [1.82, 2.24) is 18.8 Å². The highest BCUT2D eigenvalue weighted by molar-refractivity contribution is 7.89. The average molecular weight is 585 g/mol. The molecular weight excluding hydrogens is 556 g/mol. The molecule has 0 bridgehead atoms. The van der Waals surface area contributed by atoms with Crippen LogP contribution in [0.5, 0.6) is 5.75 Å². The third-order valence-corrected chi connectivity index (χ3v) is 9.52. The van der Waals surface area contributed by atoms with E-state index >= 15 is 0 Å². The Bertz CT molecular complexity index is 1580. The highest BCUT2D eigenvalue weighted by Gasteiger charge is 2.40. The van der Waals surface area contributed by atoms with E-state index in [-0.39, 0.29) is 41.0 Å². The van der Waals surface area contributed by atoms with Gasteiger partial charge in [-0.05, 0) is 69.4 Å². The zero-order valence-corrected chi connectivity index (χ0v) is 22.6. The second kappa shape index (κ2) is 10.6. The number of pyridine rings is 1. The van der Waals surface area contributed by atoms with Gasteiger partial charge < -0.3 is 15.2 Å². The summed E-state index contributed by atoms with van der Waals surface area (Å²) in [6.07, 6.45) is 3.70. The molecule has 1 aliphatic heterocycles. The lowest BCUT2D eigenvalue weighted by Gasteiger charge is -2.32. The molecule has 3 heterocycles. The molecule has 1 aliphatic carbocycles. The van der Waals surface area contributed by atoms with Gasteiger partial charge in [-0.1, -0.05) is 11.6 Å². The number of anilines is 1. The number of nitrogens with one attached hydrogen (secondary N) is 1. The standard InChI is InChI=1S/C25H28ClF2N5O5S/c1-25(35)10-2-3-20(25)33-21-15(13-19(22(33)34)38-23(27)28)14-29-24(31-21)30-17-8-11-32(12-9-17)39(36,37)18-6-4-16(26)5-7-18/h4-7,13-14,17,20,23,35H,2-3,8-12H2,1H3,(H,29,30,31)/t20-,25-/m1/s1/i23D. The van der Waals surface area contributed by atoms with Crippen molar-refractivity contribution in [2.45, 2.75) is 68.2 Å². The second-order valence-electron chi connectivity index (χ2n) is 10.0. The summed E-state index contributed by atoms with van der Waals surface area (Å²) in [7, 11) is -3.68. The zero-order valence-electron chi connectivity index (χ0n) is 22.0. The molecule has 3 aromatic rings. The van der Waals surface area contributed by atoms with Gasteiger partial charge in [0.2, 0.25) is 16.0 Å². The number of benzene rings is 1. The van der Waals surface area contributed by atoms with E-state index in [1.165, 1.54) is 34.8 Å². The van der Waals surface area contributed by atoms with Crippen LogP contribution in [0.1, 0.15) is 46.4 Å². The van der Waals surface area contributed by atoms with Gasteiger partial charge in [-0.25, -0.2) is 13.4 Å². The van der Waals surface area contributed by atoms with Crippen molar-refractivity contribution >= 4 is 38.6 Å². The van der Waals surface area contributed by atoms with Crippen molar-refractivity contribution in [3.63, 3.8) is 0 Å². The molecule has 10 nitrogen and oxygen atoms in total. The van der Waals surface area contributed by atoms with Crippen molar-refractivity contribution in [3.05, 3.63) is 51.9 Å². The number of aliphatic hydroxyl groups is 1. The van der Waals surface area contributed by atoms with Crippen molar-refractivity contribution in [2.24, 2.45) is 0 Å². The zero-order chi connectivity index (χ0) is 28.9. The van der Waals surface area contributed by atoms with Gasteiger partial charge in [0.05, 0.1) is 16.5 Å². The van der Waals surface area contributed by atoms with Crippen LogP contribution >= 0.6 is 11.6 Å². The van der Waals surface area contributed by atoms with Crippen LogP contribution in [0.15, 0.2) is 46.2 Å². The highest BCUT2D eigenvalue weighted by atomic mass is 35.5. The first-order valence-electron chi connectivity index (χ1n) is 13.0. The topological polar surface area (TPSA) is 127 Å². The van der Waals surface area contributed by atoms with Crippen LogP contribution in [0.2, 0.25) is 5.02 Å². The predicted molar refractivity (Wildman–Crippen MR) is 141 cm³/mol. The number of hydrogen-bond acceptors (Lipinski definition) is 8. The smallest absolute Gasteiger partial charge is 0.387 e. The van der Waals surface area contributed by atoms with Gasteiger partial charge in [-0.2, -0.15) is 18.1 Å². The number of alkyl halides is 2. The number of nitrogens with zero attached hydrogens (tertiary/aromatic N) is 4. The third-order valence-electron chi connectivity index (χ3n) is 7.36. The molecule has 5 rings (SSSR count). The molecule has 2 aromatic heterocycles. The number of aromatic nitrogens is 3. The number of rotatable bonds is 7. The number of hydrogen-bond donors (Lipinski definition) is 2. The maximum absolute atomic E-state index is 13.3. The third kappa shape index (κ3) is 5.58. The van der Waals surface area contributed by atoms with Crippen LogP contribution in [0.25, 0.3) is 11.0 Å². The van der Waals surface area contributed by atoms with E-state index in [4.69, 9.17) is 13.0 Å². The maximum atomic E-state index is 13.3. The lowest BCUT2D eigenvalue weighted by atomic mass is 10.00. The fourth-order valence-electron chi connectivity index (χ4n) is 5.33. The summed E-state index contributed by atoms with van der Waals surface area (Å²) in [5, 5.41) is 14.8. The van der Waals surface area contributed by atoms with Crippen LogP contribution in [0, 0.1) is 0 Å². The number of sulfonamides is 1. The number of ether oxygens (including phenoxy) is 1. The molecule has 2 atom stereocenters. The highest BCUT2D eigenvalue weighted by Crippen LogP contribution is 2.40. The van der Waals surface area contributed by atoms with Gasteiger partial charge in [-0.3, -0.25) is 9.36 Å². The number of halogens is 3. The molecule has 2 N–H and O–H groups in total. The molecule has 0 radical (unpaired) electrons. The first kappa shape index (κ1) is 26.4. The van der Waals surface area contributed by atoms with E-state index in [1.807, 2.05) is 0 Å². The van der Waals surface area contributed by atoms with Crippen LogP contribution in [-0.2, 0) is 10.0 Å². The fraction of sp³-hybridized carbons (Fsp3) is 0.480. The minimum absolute atomic E-state index is 0.123. The minimum atomic E-state index is -4.33. The molecule has 1 saturated heterocycles. The Morgan fingerprint density at radius 2 is 1.95 bits per heavy atom. The van der Waals surface area contributed by atoms with E-state index in [1.54, 1.807) is 6.92 Å². The first-order chi connectivity index (χ1) is 18.7. The quantitative estimate of drug-likeness (QED) is 0.430. The molecule has 39 heavy (non-hydrogen) atoms. The molecule has 2 aliphatic rings. The summed E-state index contributed by atoms with van der Waals surface area (Å²) in [6, 6.07) is 6.12. The van der Waals surface area contributed by atoms with Crippen molar-refractivity contribution in [3.8, 4) is 5.75 Å². The van der Waals surface area contributed by atoms with E-state index in [2.05, 4.69) is 20.0 Å². The molecule has 0 amide bonds. The Balaban J connectivity index is 1.40.